The third-order valence-electron chi connectivity index (χ3n) is 2.28. The van der Waals surface area contributed by atoms with E-state index in [9.17, 15) is 13.2 Å². The Labute approximate surface area is 121 Å². The van der Waals surface area contributed by atoms with Crippen LogP contribution < -0.4 is 0 Å². The Morgan fingerprint density at radius 3 is 1.95 bits per heavy atom. The first-order valence-corrected chi connectivity index (χ1v) is 6.10. The molecule has 0 bridgehead atoms. The van der Waals surface area contributed by atoms with Crippen LogP contribution in [0.4, 0.5) is 13.2 Å². The van der Waals surface area contributed by atoms with Crippen molar-refractivity contribution in [2.45, 2.75) is 6.18 Å². The highest BCUT2D eigenvalue weighted by Gasteiger charge is 2.31. The number of nitrogens with zero attached hydrogens (tertiary/aromatic N) is 1. The van der Waals surface area contributed by atoms with Gasteiger partial charge in [-0.3, -0.25) is 0 Å². The van der Waals surface area contributed by atoms with E-state index in [1.165, 1.54) is 18.2 Å². The number of pyridine rings is 1. The van der Waals surface area contributed by atoms with Crippen LogP contribution in [0, 0.1) is 0 Å². The molecule has 19 heavy (non-hydrogen) atoms. The molecule has 0 unspecified atom stereocenters. The van der Waals surface area contributed by atoms with Gasteiger partial charge >= 0.3 is 6.18 Å². The molecule has 0 atom stereocenters. The molecular formula is C12H5Cl3F3N. The zero-order valence-electron chi connectivity index (χ0n) is 9.10. The van der Waals surface area contributed by atoms with E-state index in [0.29, 0.717) is 15.6 Å². The van der Waals surface area contributed by atoms with Crippen molar-refractivity contribution in [3.63, 3.8) is 0 Å². The van der Waals surface area contributed by atoms with Gasteiger partial charge in [0.05, 0.1) is 11.3 Å². The fraction of sp³-hybridized carbons (Fsp3) is 0.0833. The summed E-state index contributed by atoms with van der Waals surface area (Å²) in [6.45, 7) is 0. The number of benzene rings is 1. The number of hydrogen-bond donors (Lipinski definition) is 0. The molecule has 1 nitrogen and oxygen atoms in total. The lowest BCUT2D eigenvalue weighted by molar-refractivity contribution is -0.137. The maximum Gasteiger partial charge on any atom is 0.416 e. The normalized spacial score (nSPS) is 11.7. The van der Waals surface area contributed by atoms with Gasteiger partial charge in [-0.25, -0.2) is 4.98 Å². The van der Waals surface area contributed by atoms with E-state index in [2.05, 4.69) is 4.98 Å². The van der Waals surface area contributed by atoms with E-state index in [4.69, 9.17) is 34.8 Å². The molecule has 0 N–H and O–H groups in total. The van der Waals surface area contributed by atoms with Gasteiger partial charge in [0, 0.05) is 15.6 Å². The van der Waals surface area contributed by atoms with E-state index in [1.807, 2.05) is 0 Å². The minimum absolute atomic E-state index is 0.0595. The lowest BCUT2D eigenvalue weighted by Crippen LogP contribution is -2.05. The largest absolute Gasteiger partial charge is 0.416 e. The number of alkyl halides is 3. The van der Waals surface area contributed by atoms with E-state index >= 15 is 0 Å². The first-order valence-electron chi connectivity index (χ1n) is 4.97. The van der Waals surface area contributed by atoms with E-state index in [0.717, 1.165) is 12.1 Å². The van der Waals surface area contributed by atoms with Crippen molar-refractivity contribution in [1.29, 1.82) is 0 Å². The first-order chi connectivity index (χ1) is 8.75. The molecule has 0 amide bonds. The number of hydrogen-bond acceptors (Lipinski definition) is 1. The molecule has 0 radical (unpaired) electrons. The van der Waals surface area contributed by atoms with Gasteiger partial charge in [0.2, 0.25) is 0 Å². The molecule has 1 aromatic carbocycles. The molecule has 2 rings (SSSR count). The SMILES string of the molecule is FC(F)(F)c1cc(Cl)nc(-c2cc(Cl)cc(Cl)c2)c1. The molecule has 0 fully saturated rings. The third-order valence-corrected chi connectivity index (χ3v) is 2.91. The van der Waals surface area contributed by atoms with Crippen molar-refractivity contribution in [3.8, 4) is 11.3 Å². The monoisotopic (exact) mass is 325 g/mol. The van der Waals surface area contributed by atoms with Crippen LogP contribution in [-0.2, 0) is 6.18 Å². The summed E-state index contributed by atoms with van der Waals surface area (Å²) in [6, 6.07) is 6.06. The highest BCUT2D eigenvalue weighted by molar-refractivity contribution is 6.35. The molecule has 100 valence electrons. The van der Waals surface area contributed by atoms with Gasteiger partial charge in [0.15, 0.2) is 0 Å². The summed E-state index contributed by atoms with van der Waals surface area (Å²) < 4.78 is 38.1. The molecule has 0 saturated heterocycles. The van der Waals surface area contributed by atoms with Gasteiger partial charge < -0.3 is 0 Å². The van der Waals surface area contributed by atoms with Gasteiger partial charge in [-0.05, 0) is 30.3 Å². The Bertz CT molecular complexity index is 606. The standard InChI is InChI=1S/C12H5Cl3F3N/c13-8-1-6(2-9(14)5-8)10-3-7(12(16,17)18)4-11(15)19-10/h1-5H. The second kappa shape index (κ2) is 5.19. The summed E-state index contributed by atoms with van der Waals surface area (Å²) in [5, 5.41) is 0.358. The van der Waals surface area contributed by atoms with Crippen molar-refractivity contribution >= 4 is 34.8 Å². The molecule has 0 aliphatic rings. The highest BCUT2D eigenvalue weighted by atomic mass is 35.5. The van der Waals surface area contributed by atoms with Crippen molar-refractivity contribution in [2.75, 3.05) is 0 Å². The van der Waals surface area contributed by atoms with Crippen molar-refractivity contribution in [2.24, 2.45) is 0 Å². The highest BCUT2D eigenvalue weighted by Crippen LogP contribution is 2.34. The molecule has 7 heteroatoms. The Morgan fingerprint density at radius 2 is 1.42 bits per heavy atom. The molecule has 1 heterocycles. The zero-order valence-corrected chi connectivity index (χ0v) is 11.4. The van der Waals surface area contributed by atoms with Crippen molar-refractivity contribution in [1.82, 2.24) is 4.98 Å². The van der Waals surface area contributed by atoms with E-state index in [-0.39, 0.29) is 10.8 Å². The lowest BCUT2D eigenvalue weighted by Gasteiger charge is -2.09. The summed E-state index contributed by atoms with van der Waals surface area (Å²) in [6.07, 6.45) is -4.50. The summed E-state index contributed by atoms with van der Waals surface area (Å²) in [4.78, 5) is 3.85. The van der Waals surface area contributed by atoms with Crippen LogP contribution in [0.15, 0.2) is 30.3 Å². The summed E-state index contributed by atoms with van der Waals surface area (Å²) in [5.74, 6) is 0. The molecule has 0 saturated carbocycles. The van der Waals surface area contributed by atoms with Crippen LogP contribution in [0.3, 0.4) is 0 Å². The maximum atomic E-state index is 12.7. The lowest BCUT2D eigenvalue weighted by atomic mass is 10.1. The first kappa shape index (κ1) is 14.4. The van der Waals surface area contributed by atoms with E-state index < -0.39 is 11.7 Å². The quantitative estimate of drug-likeness (QED) is 0.610. The second-order valence-electron chi connectivity index (χ2n) is 3.72. The topological polar surface area (TPSA) is 12.9 Å². The minimum Gasteiger partial charge on any atom is -0.236 e. The van der Waals surface area contributed by atoms with Crippen LogP contribution >= 0.6 is 34.8 Å². The number of rotatable bonds is 1. The molecule has 1 aromatic heterocycles. The second-order valence-corrected chi connectivity index (χ2v) is 4.98. The van der Waals surface area contributed by atoms with Crippen molar-refractivity contribution in [3.05, 3.63) is 51.1 Å². The average molecular weight is 327 g/mol. The smallest absolute Gasteiger partial charge is 0.236 e. The van der Waals surface area contributed by atoms with Crippen LogP contribution in [0.5, 0.6) is 0 Å². The fourth-order valence-corrected chi connectivity index (χ4v) is 2.24. The third kappa shape index (κ3) is 3.53. The summed E-state index contributed by atoms with van der Waals surface area (Å²) >= 11 is 17.2. The van der Waals surface area contributed by atoms with Gasteiger partial charge in [0.25, 0.3) is 0 Å². The van der Waals surface area contributed by atoms with Crippen LogP contribution in [-0.4, -0.2) is 4.98 Å². The van der Waals surface area contributed by atoms with Gasteiger partial charge in [-0.2, -0.15) is 13.2 Å². The fourth-order valence-electron chi connectivity index (χ4n) is 1.51. The Balaban J connectivity index is 2.59. The van der Waals surface area contributed by atoms with Crippen LogP contribution in [0.1, 0.15) is 5.56 Å². The Hall–Kier alpha value is -0.970. The molecule has 0 aliphatic heterocycles. The Kier molecular flexibility index (Phi) is 3.95. The molecule has 2 aromatic rings. The average Bonchev–Trinajstić information content (AvgIpc) is 2.25. The van der Waals surface area contributed by atoms with Gasteiger partial charge in [-0.1, -0.05) is 34.8 Å². The number of aromatic nitrogens is 1. The summed E-state index contributed by atoms with van der Waals surface area (Å²) in [5.41, 5.74) is -0.451. The Morgan fingerprint density at radius 1 is 0.842 bits per heavy atom. The molecular weight excluding hydrogens is 321 g/mol. The van der Waals surface area contributed by atoms with Crippen LogP contribution in [0.2, 0.25) is 15.2 Å². The van der Waals surface area contributed by atoms with Gasteiger partial charge in [-0.15, -0.1) is 0 Å². The minimum atomic E-state index is -4.50. The van der Waals surface area contributed by atoms with Crippen LogP contribution in [0.25, 0.3) is 11.3 Å². The maximum absolute atomic E-state index is 12.7. The van der Waals surface area contributed by atoms with Crippen molar-refractivity contribution < 1.29 is 13.2 Å². The number of halogens is 6. The predicted octanol–water partition coefficient (Wildman–Crippen LogP) is 5.73. The van der Waals surface area contributed by atoms with E-state index in [1.54, 1.807) is 0 Å². The molecule has 0 spiro atoms. The predicted molar refractivity (Wildman–Crippen MR) is 69.7 cm³/mol. The summed E-state index contributed by atoms with van der Waals surface area (Å²) in [7, 11) is 0. The van der Waals surface area contributed by atoms with Gasteiger partial charge in [0.1, 0.15) is 5.15 Å². The zero-order chi connectivity index (χ0) is 14.2. The molecule has 0 aliphatic carbocycles.